The van der Waals surface area contributed by atoms with Crippen molar-refractivity contribution < 1.29 is 13.6 Å². The highest BCUT2D eigenvalue weighted by Gasteiger charge is 2.12. The molecule has 8 heteroatoms. The number of aromatic nitrogens is 2. The molecule has 1 aromatic carbocycles. The van der Waals surface area contributed by atoms with Crippen LogP contribution in [0.25, 0.3) is 11.3 Å². The van der Waals surface area contributed by atoms with Crippen LogP contribution < -0.4 is 10.9 Å². The van der Waals surface area contributed by atoms with E-state index < -0.39 is 11.4 Å². The van der Waals surface area contributed by atoms with Crippen LogP contribution in [-0.2, 0) is 11.2 Å². The van der Waals surface area contributed by atoms with E-state index in [1.54, 1.807) is 18.2 Å². The number of aromatic amines is 1. The molecule has 3 aromatic rings. The van der Waals surface area contributed by atoms with Crippen molar-refractivity contribution in [3.63, 3.8) is 0 Å². The van der Waals surface area contributed by atoms with Crippen LogP contribution in [0.3, 0.4) is 0 Å². The van der Waals surface area contributed by atoms with Gasteiger partial charge in [0.2, 0.25) is 5.91 Å². The molecule has 128 valence electrons. The van der Waals surface area contributed by atoms with E-state index in [0.717, 1.165) is 0 Å². The molecule has 0 saturated heterocycles. The van der Waals surface area contributed by atoms with Gasteiger partial charge in [0.1, 0.15) is 11.5 Å². The number of nitrogens with zero attached hydrogens (tertiary/aromatic N) is 1. The van der Waals surface area contributed by atoms with Gasteiger partial charge in [-0.25, -0.2) is 9.37 Å². The smallest absolute Gasteiger partial charge is 0.271 e. The van der Waals surface area contributed by atoms with Crippen LogP contribution in [0.5, 0.6) is 0 Å². The molecular weight excluding hydrogens is 393 g/mol. The Balaban J connectivity index is 1.62. The highest BCUT2D eigenvalue weighted by Crippen LogP contribution is 2.23. The molecule has 0 aliphatic heterocycles. The Morgan fingerprint density at radius 1 is 1.36 bits per heavy atom. The number of oxazole rings is 1. The summed E-state index contributed by atoms with van der Waals surface area (Å²) in [5, 5.41) is 2.53. The molecule has 2 heterocycles. The predicted molar refractivity (Wildman–Crippen MR) is 93.6 cm³/mol. The van der Waals surface area contributed by atoms with Crippen molar-refractivity contribution in [2.75, 3.05) is 5.32 Å². The Morgan fingerprint density at radius 3 is 2.96 bits per heavy atom. The third kappa shape index (κ3) is 4.21. The lowest BCUT2D eigenvalue weighted by Crippen LogP contribution is -2.19. The lowest BCUT2D eigenvalue weighted by Gasteiger charge is -2.03. The first kappa shape index (κ1) is 17.1. The number of pyridine rings is 1. The molecule has 1 amide bonds. The fraction of sp³-hybridized carbons (Fsp3) is 0.118. The molecule has 3 rings (SSSR count). The van der Waals surface area contributed by atoms with Crippen LogP contribution in [0.2, 0.25) is 0 Å². The van der Waals surface area contributed by atoms with Crippen LogP contribution in [-0.4, -0.2) is 15.9 Å². The van der Waals surface area contributed by atoms with Crippen molar-refractivity contribution >= 4 is 27.5 Å². The van der Waals surface area contributed by atoms with Gasteiger partial charge >= 0.3 is 0 Å². The molecule has 0 fully saturated rings. The third-order valence-electron chi connectivity index (χ3n) is 3.40. The monoisotopic (exact) mass is 405 g/mol. The first-order chi connectivity index (χ1) is 12.0. The van der Waals surface area contributed by atoms with E-state index in [1.165, 1.54) is 24.5 Å². The molecular formula is C17H13BrFN3O3. The maximum atomic E-state index is 13.7. The highest BCUT2D eigenvalue weighted by atomic mass is 79.9. The Morgan fingerprint density at radius 2 is 2.16 bits per heavy atom. The fourth-order valence-corrected chi connectivity index (χ4v) is 2.54. The van der Waals surface area contributed by atoms with Crippen molar-refractivity contribution in [1.29, 1.82) is 0 Å². The minimum Gasteiger partial charge on any atom is -0.441 e. The number of benzene rings is 1. The number of rotatable bonds is 5. The maximum absolute atomic E-state index is 13.7. The summed E-state index contributed by atoms with van der Waals surface area (Å²) < 4.78 is 19.9. The first-order valence-corrected chi connectivity index (χ1v) is 8.20. The predicted octanol–water partition coefficient (Wildman–Crippen LogP) is 3.50. The second-order valence-electron chi connectivity index (χ2n) is 5.21. The normalized spacial score (nSPS) is 10.6. The quantitative estimate of drug-likeness (QED) is 0.679. The van der Waals surface area contributed by atoms with E-state index in [2.05, 4.69) is 31.2 Å². The van der Waals surface area contributed by atoms with Crippen molar-refractivity contribution in [3.05, 3.63) is 69.3 Å². The van der Waals surface area contributed by atoms with Gasteiger partial charge < -0.3 is 14.7 Å². The Kier molecular flexibility index (Phi) is 5.08. The second-order valence-corrected chi connectivity index (χ2v) is 6.12. The van der Waals surface area contributed by atoms with Crippen molar-refractivity contribution in [2.45, 2.75) is 12.8 Å². The SMILES string of the molecule is O=C(CCc1ncc(-c2ccccc2F)o1)Nc1cc(Br)c[nH]c1=O. The number of nitrogens with one attached hydrogen (secondary N) is 2. The number of carbonyl (C=O) groups is 1. The molecule has 0 unspecified atom stereocenters. The molecule has 0 bridgehead atoms. The summed E-state index contributed by atoms with van der Waals surface area (Å²) in [7, 11) is 0. The van der Waals surface area contributed by atoms with Crippen molar-refractivity contribution in [1.82, 2.24) is 9.97 Å². The molecule has 0 radical (unpaired) electrons. The van der Waals surface area contributed by atoms with Gasteiger partial charge in [-0.1, -0.05) is 12.1 Å². The Hall–Kier alpha value is -2.74. The topological polar surface area (TPSA) is 88.0 Å². The third-order valence-corrected chi connectivity index (χ3v) is 3.86. The number of carbonyl (C=O) groups excluding carboxylic acids is 1. The fourth-order valence-electron chi connectivity index (χ4n) is 2.19. The molecule has 25 heavy (non-hydrogen) atoms. The van der Waals surface area contributed by atoms with Gasteiger partial charge in [-0.3, -0.25) is 9.59 Å². The summed E-state index contributed by atoms with van der Waals surface area (Å²) in [4.78, 5) is 30.1. The van der Waals surface area contributed by atoms with Crippen molar-refractivity contribution in [2.24, 2.45) is 0 Å². The minimum atomic E-state index is -0.406. The summed E-state index contributed by atoms with van der Waals surface area (Å²) in [6, 6.07) is 7.72. The van der Waals surface area contributed by atoms with E-state index in [1.807, 2.05) is 0 Å². The minimum absolute atomic E-state index is 0.0726. The summed E-state index contributed by atoms with van der Waals surface area (Å²) in [5.41, 5.74) is 0.0692. The van der Waals surface area contributed by atoms with Gasteiger partial charge in [0.15, 0.2) is 11.7 Å². The number of hydrogen-bond donors (Lipinski definition) is 2. The molecule has 2 N–H and O–H groups in total. The number of H-pyrrole nitrogens is 1. The zero-order valence-electron chi connectivity index (χ0n) is 12.9. The zero-order valence-corrected chi connectivity index (χ0v) is 14.5. The molecule has 0 spiro atoms. The number of hydrogen-bond acceptors (Lipinski definition) is 4. The molecule has 2 aromatic heterocycles. The van der Waals surface area contributed by atoms with Gasteiger partial charge in [0.25, 0.3) is 5.56 Å². The number of halogens is 2. The summed E-state index contributed by atoms with van der Waals surface area (Å²) >= 11 is 3.22. The average Bonchev–Trinajstić information content (AvgIpc) is 3.05. The standard InChI is InChI=1S/C17H13BrFN3O3/c18-10-7-13(17(24)21-8-10)22-15(23)5-6-16-20-9-14(25-16)11-3-1-2-4-12(11)19/h1-4,7-9H,5-6H2,(H,21,24)(H,22,23). The van der Waals surface area contributed by atoms with E-state index in [9.17, 15) is 14.0 Å². The molecule has 0 atom stereocenters. The van der Waals surface area contributed by atoms with Crippen LogP contribution in [0.15, 0.2) is 56.4 Å². The molecule has 0 aliphatic carbocycles. The second kappa shape index (κ2) is 7.43. The van der Waals surface area contributed by atoms with Crippen LogP contribution in [0.4, 0.5) is 10.1 Å². The van der Waals surface area contributed by atoms with Crippen molar-refractivity contribution in [3.8, 4) is 11.3 Å². The molecule has 0 saturated carbocycles. The maximum Gasteiger partial charge on any atom is 0.271 e. The molecule has 6 nitrogen and oxygen atoms in total. The van der Waals surface area contributed by atoms with E-state index >= 15 is 0 Å². The van der Waals surface area contributed by atoms with E-state index in [-0.39, 0.29) is 24.4 Å². The number of amides is 1. The number of aryl methyl sites for hydroxylation is 1. The lowest BCUT2D eigenvalue weighted by molar-refractivity contribution is -0.116. The van der Waals surface area contributed by atoms with E-state index in [4.69, 9.17) is 4.42 Å². The first-order valence-electron chi connectivity index (χ1n) is 7.40. The summed E-state index contributed by atoms with van der Waals surface area (Å²) in [6.07, 6.45) is 3.20. The van der Waals surface area contributed by atoms with Gasteiger partial charge in [-0.2, -0.15) is 0 Å². The zero-order chi connectivity index (χ0) is 17.8. The summed E-state index contributed by atoms with van der Waals surface area (Å²) in [6.45, 7) is 0. The number of anilines is 1. The van der Waals surface area contributed by atoms with Gasteiger partial charge in [-0.15, -0.1) is 0 Å². The summed E-state index contributed by atoms with van der Waals surface area (Å²) in [5.74, 6) is -0.139. The largest absolute Gasteiger partial charge is 0.441 e. The van der Waals surface area contributed by atoms with Gasteiger partial charge in [0, 0.05) is 23.5 Å². The molecule has 0 aliphatic rings. The van der Waals surface area contributed by atoms with Gasteiger partial charge in [-0.05, 0) is 34.1 Å². The van der Waals surface area contributed by atoms with E-state index in [0.29, 0.717) is 21.7 Å². The van der Waals surface area contributed by atoms with Crippen LogP contribution >= 0.6 is 15.9 Å². The highest BCUT2D eigenvalue weighted by molar-refractivity contribution is 9.10. The Labute approximate surface area is 150 Å². The van der Waals surface area contributed by atoms with Crippen LogP contribution in [0.1, 0.15) is 12.3 Å². The van der Waals surface area contributed by atoms with Gasteiger partial charge in [0.05, 0.1) is 11.8 Å². The lowest BCUT2D eigenvalue weighted by atomic mass is 10.2. The average molecular weight is 406 g/mol. The van der Waals surface area contributed by atoms with Crippen LogP contribution in [0, 0.1) is 5.82 Å². The Bertz CT molecular complexity index is 968.